The number of ketones is 2. The maximum absolute atomic E-state index is 10.6. The van der Waals surface area contributed by atoms with Crippen LogP contribution in [0.3, 0.4) is 0 Å². The molecule has 1 aliphatic rings. The summed E-state index contributed by atoms with van der Waals surface area (Å²) in [6.45, 7) is 0. The topological polar surface area (TPSA) is 51.2 Å². The van der Waals surface area contributed by atoms with Crippen molar-refractivity contribution in [1.29, 1.82) is 0 Å². The Balaban J connectivity index is 3.00. The van der Waals surface area contributed by atoms with Gasteiger partial charge in [0.1, 0.15) is 0 Å². The summed E-state index contributed by atoms with van der Waals surface area (Å²) in [5.74, 6) is -0.726. The van der Waals surface area contributed by atoms with Crippen molar-refractivity contribution >= 4 is 17.9 Å². The molecule has 10 heavy (non-hydrogen) atoms. The number of hydrogen-bond acceptors (Lipinski definition) is 3. The highest BCUT2D eigenvalue weighted by molar-refractivity contribution is 6.25. The molecule has 0 saturated heterocycles. The lowest BCUT2D eigenvalue weighted by Crippen LogP contribution is -2.07. The molecule has 0 fully saturated rings. The molecule has 0 bridgehead atoms. The molecule has 0 N–H and O–H groups in total. The van der Waals surface area contributed by atoms with E-state index in [-0.39, 0.29) is 11.4 Å². The van der Waals surface area contributed by atoms with Crippen molar-refractivity contribution < 1.29 is 14.4 Å². The average molecular weight is 136 g/mol. The van der Waals surface area contributed by atoms with Crippen LogP contribution >= 0.6 is 0 Å². The molecule has 0 aromatic rings. The van der Waals surface area contributed by atoms with Gasteiger partial charge in [-0.3, -0.25) is 14.4 Å². The Hall–Kier alpha value is -1.51. The van der Waals surface area contributed by atoms with Crippen LogP contribution in [-0.2, 0) is 14.4 Å². The van der Waals surface area contributed by atoms with Crippen molar-refractivity contribution in [3.05, 3.63) is 23.8 Å². The van der Waals surface area contributed by atoms with Crippen LogP contribution in [0.25, 0.3) is 0 Å². The van der Waals surface area contributed by atoms with Gasteiger partial charge in [-0.2, -0.15) is 0 Å². The van der Waals surface area contributed by atoms with E-state index in [2.05, 4.69) is 0 Å². The van der Waals surface area contributed by atoms with E-state index >= 15 is 0 Å². The van der Waals surface area contributed by atoms with Gasteiger partial charge in [0.05, 0.1) is 5.57 Å². The standard InChI is InChI=1S/C7H4O3/c8-4-5-3-6(9)1-2-7(5)10/h1-4H. The van der Waals surface area contributed by atoms with Crippen molar-refractivity contribution in [2.75, 3.05) is 0 Å². The number of aldehydes is 1. The van der Waals surface area contributed by atoms with Gasteiger partial charge < -0.3 is 0 Å². The number of rotatable bonds is 1. The third kappa shape index (κ3) is 1.07. The largest absolute Gasteiger partial charge is 0.298 e. The van der Waals surface area contributed by atoms with Crippen molar-refractivity contribution in [3.8, 4) is 0 Å². The highest BCUT2D eigenvalue weighted by atomic mass is 16.1. The highest BCUT2D eigenvalue weighted by Gasteiger charge is 2.10. The first-order valence-corrected chi connectivity index (χ1v) is 2.67. The lowest BCUT2D eigenvalue weighted by Gasteiger charge is -1.95. The van der Waals surface area contributed by atoms with Crippen LogP contribution in [0.1, 0.15) is 0 Å². The van der Waals surface area contributed by atoms with E-state index in [0.29, 0.717) is 6.29 Å². The second-order valence-corrected chi connectivity index (χ2v) is 1.82. The lowest BCUT2D eigenvalue weighted by molar-refractivity contribution is -0.116. The van der Waals surface area contributed by atoms with E-state index in [1.807, 2.05) is 0 Å². The van der Waals surface area contributed by atoms with E-state index in [0.717, 1.165) is 18.2 Å². The van der Waals surface area contributed by atoms with E-state index in [9.17, 15) is 14.4 Å². The van der Waals surface area contributed by atoms with E-state index in [1.165, 1.54) is 0 Å². The third-order valence-electron chi connectivity index (χ3n) is 1.11. The molecule has 50 valence electrons. The van der Waals surface area contributed by atoms with Gasteiger partial charge in [-0.1, -0.05) is 0 Å². The maximum atomic E-state index is 10.6. The third-order valence-corrected chi connectivity index (χ3v) is 1.11. The van der Waals surface area contributed by atoms with Crippen LogP contribution in [0.15, 0.2) is 23.8 Å². The Kier molecular flexibility index (Phi) is 1.58. The normalized spacial score (nSPS) is 17.0. The predicted molar refractivity (Wildman–Crippen MR) is 33.3 cm³/mol. The average Bonchev–Trinajstić information content (AvgIpc) is 1.94. The molecule has 0 heterocycles. The van der Waals surface area contributed by atoms with Crippen LogP contribution in [0, 0.1) is 0 Å². The SMILES string of the molecule is O=CC1=CC(=O)C=CC1=O. The van der Waals surface area contributed by atoms with Crippen molar-refractivity contribution in [2.24, 2.45) is 0 Å². The molecule has 1 rings (SSSR count). The lowest BCUT2D eigenvalue weighted by atomic mass is 10.1. The fourth-order valence-corrected chi connectivity index (χ4v) is 0.619. The van der Waals surface area contributed by atoms with E-state index in [4.69, 9.17) is 0 Å². The van der Waals surface area contributed by atoms with E-state index in [1.54, 1.807) is 0 Å². The Labute approximate surface area is 57.0 Å². The molecule has 0 amide bonds. The van der Waals surface area contributed by atoms with Crippen LogP contribution in [0.2, 0.25) is 0 Å². The monoisotopic (exact) mass is 136 g/mol. The fraction of sp³-hybridized carbons (Fsp3) is 0. The van der Waals surface area contributed by atoms with Gasteiger partial charge >= 0.3 is 0 Å². The smallest absolute Gasteiger partial charge is 0.189 e. The van der Waals surface area contributed by atoms with Gasteiger partial charge in [-0.05, 0) is 18.2 Å². The Morgan fingerprint density at radius 2 is 1.90 bits per heavy atom. The number of allylic oxidation sites excluding steroid dienone is 4. The minimum absolute atomic E-state index is 0.0764. The molecule has 0 aromatic carbocycles. The maximum Gasteiger partial charge on any atom is 0.189 e. The van der Waals surface area contributed by atoms with E-state index < -0.39 is 5.78 Å². The fourth-order valence-electron chi connectivity index (χ4n) is 0.619. The van der Waals surface area contributed by atoms with Crippen molar-refractivity contribution in [3.63, 3.8) is 0 Å². The summed E-state index contributed by atoms with van der Waals surface area (Å²) in [6.07, 6.45) is 3.63. The quantitative estimate of drug-likeness (QED) is 0.285. The molecule has 1 aliphatic carbocycles. The zero-order chi connectivity index (χ0) is 7.56. The molecule has 0 aliphatic heterocycles. The first-order chi connectivity index (χ1) is 4.74. The first-order valence-electron chi connectivity index (χ1n) is 2.67. The summed E-state index contributed by atoms with van der Waals surface area (Å²) >= 11 is 0. The second-order valence-electron chi connectivity index (χ2n) is 1.82. The molecule has 0 aromatic heterocycles. The molecular weight excluding hydrogens is 132 g/mol. The number of carbonyl (C=O) groups excluding carboxylic acids is 3. The Bertz CT molecular complexity index is 258. The molecular formula is C7H4O3. The van der Waals surface area contributed by atoms with Crippen LogP contribution in [0.4, 0.5) is 0 Å². The van der Waals surface area contributed by atoms with Gasteiger partial charge in [0.2, 0.25) is 0 Å². The molecule has 0 radical (unpaired) electrons. The van der Waals surface area contributed by atoms with Gasteiger partial charge in [0.15, 0.2) is 17.9 Å². The Morgan fingerprint density at radius 3 is 2.40 bits per heavy atom. The van der Waals surface area contributed by atoms with Gasteiger partial charge in [-0.15, -0.1) is 0 Å². The highest BCUT2D eigenvalue weighted by Crippen LogP contribution is 2.00. The van der Waals surface area contributed by atoms with Crippen LogP contribution < -0.4 is 0 Å². The van der Waals surface area contributed by atoms with Gasteiger partial charge in [-0.25, -0.2) is 0 Å². The molecule has 3 nitrogen and oxygen atoms in total. The molecule has 0 unspecified atom stereocenters. The van der Waals surface area contributed by atoms with Crippen molar-refractivity contribution in [2.45, 2.75) is 0 Å². The minimum Gasteiger partial charge on any atom is -0.298 e. The van der Waals surface area contributed by atoms with Crippen molar-refractivity contribution in [1.82, 2.24) is 0 Å². The van der Waals surface area contributed by atoms with Gasteiger partial charge in [0.25, 0.3) is 0 Å². The summed E-state index contributed by atoms with van der Waals surface area (Å²) in [4.78, 5) is 31.2. The van der Waals surface area contributed by atoms with Crippen LogP contribution in [-0.4, -0.2) is 17.9 Å². The summed E-state index contributed by atoms with van der Waals surface area (Å²) in [5, 5.41) is 0. The first kappa shape index (κ1) is 6.61. The summed E-state index contributed by atoms with van der Waals surface area (Å²) < 4.78 is 0. The molecule has 0 spiro atoms. The molecule has 0 saturated carbocycles. The summed E-state index contributed by atoms with van der Waals surface area (Å²) in [5.41, 5.74) is -0.0764. The number of hydrogen-bond donors (Lipinski definition) is 0. The molecule has 0 atom stereocenters. The zero-order valence-electron chi connectivity index (χ0n) is 5.03. The second kappa shape index (κ2) is 2.39. The predicted octanol–water partition coefficient (Wildman–Crippen LogP) is -0.180. The minimum atomic E-state index is -0.408. The van der Waals surface area contributed by atoms with Gasteiger partial charge in [0, 0.05) is 0 Å². The van der Waals surface area contributed by atoms with Crippen LogP contribution in [0.5, 0.6) is 0 Å². The molecule has 3 heteroatoms. The zero-order valence-corrected chi connectivity index (χ0v) is 5.03. The summed E-state index contributed by atoms with van der Waals surface area (Å²) in [7, 11) is 0. The summed E-state index contributed by atoms with van der Waals surface area (Å²) in [6, 6.07) is 0. The Morgan fingerprint density at radius 1 is 1.20 bits per heavy atom. The number of carbonyl (C=O) groups is 3.